The third kappa shape index (κ3) is 5.05. The predicted octanol–water partition coefficient (Wildman–Crippen LogP) is 3.32. The molecule has 1 saturated carbocycles. The van der Waals surface area contributed by atoms with Gasteiger partial charge < -0.3 is 15.8 Å². The quantitative estimate of drug-likeness (QED) is 0.844. The van der Waals surface area contributed by atoms with Crippen LogP contribution in [0.15, 0.2) is 24.3 Å². The van der Waals surface area contributed by atoms with Crippen molar-refractivity contribution >= 4 is 11.6 Å². The van der Waals surface area contributed by atoms with E-state index < -0.39 is 0 Å². The number of nitrogens with one attached hydrogen (secondary N) is 1. The zero-order valence-electron chi connectivity index (χ0n) is 13.0. The molecule has 1 atom stereocenters. The molecule has 4 heteroatoms. The molecule has 1 unspecified atom stereocenters. The third-order valence-corrected chi connectivity index (χ3v) is 4.02. The molecule has 3 N–H and O–H groups in total. The number of ether oxygens (including phenoxy) is 1. The van der Waals surface area contributed by atoms with Crippen LogP contribution in [0, 0.1) is 5.92 Å². The highest BCUT2D eigenvalue weighted by molar-refractivity contribution is 5.91. The average Bonchev–Trinajstić information content (AvgIpc) is 2.93. The minimum atomic E-state index is -0.102. The fourth-order valence-corrected chi connectivity index (χ4v) is 2.48. The summed E-state index contributed by atoms with van der Waals surface area (Å²) < 4.78 is 5.90. The van der Waals surface area contributed by atoms with Gasteiger partial charge in [-0.2, -0.15) is 0 Å². The Morgan fingerprint density at radius 1 is 1.29 bits per heavy atom. The Labute approximate surface area is 127 Å². The Hall–Kier alpha value is -1.55. The number of hydrogen-bond donors (Lipinski definition) is 2. The topological polar surface area (TPSA) is 64.4 Å². The Morgan fingerprint density at radius 2 is 1.90 bits per heavy atom. The van der Waals surface area contributed by atoms with E-state index in [0.29, 0.717) is 18.4 Å². The maximum Gasteiger partial charge on any atom is 0.225 e. The van der Waals surface area contributed by atoms with Crippen molar-refractivity contribution in [1.82, 2.24) is 0 Å². The van der Waals surface area contributed by atoms with Crippen molar-refractivity contribution in [1.29, 1.82) is 0 Å². The number of anilines is 1. The van der Waals surface area contributed by atoms with E-state index in [1.807, 2.05) is 38.1 Å². The van der Waals surface area contributed by atoms with E-state index in [4.69, 9.17) is 10.5 Å². The van der Waals surface area contributed by atoms with E-state index in [-0.39, 0.29) is 11.9 Å². The largest absolute Gasteiger partial charge is 0.490 e. The highest BCUT2D eigenvalue weighted by Crippen LogP contribution is 2.25. The van der Waals surface area contributed by atoms with Gasteiger partial charge in [0.15, 0.2) is 0 Å². The van der Waals surface area contributed by atoms with Gasteiger partial charge in [-0.3, -0.25) is 4.79 Å². The molecule has 2 rings (SSSR count). The van der Waals surface area contributed by atoms with Gasteiger partial charge >= 0.3 is 0 Å². The van der Waals surface area contributed by atoms with Gasteiger partial charge in [-0.1, -0.05) is 13.8 Å². The monoisotopic (exact) mass is 290 g/mol. The summed E-state index contributed by atoms with van der Waals surface area (Å²) in [6.45, 7) is 4.04. The third-order valence-electron chi connectivity index (χ3n) is 4.02. The lowest BCUT2D eigenvalue weighted by Crippen LogP contribution is -2.31. The van der Waals surface area contributed by atoms with Gasteiger partial charge in [0.2, 0.25) is 5.91 Å². The van der Waals surface area contributed by atoms with Crippen LogP contribution in [0.25, 0.3) is 0 Å². The van der Waals surface area contributed by atoms with Gasteiger partial charge in [-0.15, -0.1) is 0 Å². The first-order chi connectivity index (χ1) is 10.0. The van der Waals surface area contributed by atoms with Crippen LogP contribution in [0.5, 0.6) is 5.75 Å². The van der Waals surface area contributed by atoms with Crippen molar-refractivity contribution in [3.63, 3.8) is 0 Å². The van der Waals surface area contributed by atoms with E-state index in [9.17, 15) is 4.79 Å². The van der Waals surface area contributed by atoms with Crippen molar-refractivity contribution < 1.29 is 9.53 Å². The highest BCUT2D eigenvalue weighted by Gasteiger charge is 2.16. The Kier molecular flexibility index (Phi) is 5.62. The van der Waals surface area contributed by atoms with Crippen molar-refractivity contribution in [3.8, 4) is 5.75 Å². The standard InChI is InChI=1S/C17H26N2O2/c1-12(2)16(18)11-17(20)19-13-7-9-15(10-8-13)21-14-5-3-4-6-14/h7-10,12,14,16H,3-6,11,18H2,1-2H3,(H,19,20). The van der Waals surface area contributed by atoms with Gasteiger partial charge in [0.25, 0.3) is 0 Å². The summed E-state index contributed by atoms with van der Waals surface area (Å²) in [5.41, 5.74) is 6.69. The first kappa shape index (κ1) is 15.8. The van der Waals surface area contributed by atoms with Crippen LogP contribution >= 0.6 is 0 Å². The van der Waals surface area contributed by atoms with E-state index >= 15 is 0 Å². The minimum Gasteiger partial charge on any atom is -0.490 e. The molecule has 0 radical (unpaired) electrons. The summed E-state index contributed by atoms with van der Waals surface area (Å²) >= 11 is 0. The molecule has 0 saturated heterocycles. The number of carbonyl (C=O) groups excluding carboxylic acids is 1. The lowest BCUT2D eigenvalue weighted by molar-refractivity contribution is -0.116. The molecule has 116 valence electrons. The second-order valence-electron chi connectivity index (χ2n) is 6.21. The van der Waals surface area contributed by atoms with Crippen LogP contribution in [0.3, 0.4) is 0 Å². The maximum absolute atomic E-state index is 11.9. The Bertz CT molecular complexity index is 450. The van der Waals surface area contributed by atoms with Gasteiger partial charge in [0.1, 0.15) is 5.75 Å². The molecule has 0 spiro atoms. The van der Waals surface area contributed by atoms with Crippen molar-refractivity contribution in [3.05, 3.63) is 24.3 Å². The molecule has 1 aromatic carbocycles. The Balaban J connectivity index is 1.82. The summed E-state index contributed by atoms with van der Waals surface area (Å²) in [4.78, 5) is 11.9. The van der Waals surface area contributed by atoms with Gasteiger partial charge in [-0.05, 0) is 55.9 Å². The molecule has 1 fully saturated rings. The average molecular weight is 290 g/mol. The summed E-state index contributed by atoms with van der Waals surface area (Å²) in [5.74, 6) is 1.14. The first-order valence-electron chi connectivity index (χ1n) is 7.86. The number of nitrogens with two attached hydrogens (primary N) is 1. The van der Waals surface area contributed by atoms with Gasteiger partial charge in [0, 0.05) is 18.2 Å². The van der Waals surface area contributed by atoms with Crippen LogP contribution in [-0.4, -0.2) is 18.1 Å². The minimum absolute atomic E-state index is 0.0411. The lowest BCUT2D eigenvalue weighted by Gasteiger charge is -2.16. The molecular formula is C17H26N2O2. The van der Waals surface area contributed by atoms with Crippen molar-refractivity contribution in [2.75, 3.05) is 5.32 Å². The van der Waals surface area contributed by atoms with Crippen LogP contribution in [0.4, 0.5) is 5.69 Å². The second-order valence-corrected chi connectivity index (χ2v) is 6.21. The van der Waals surface area contributed by atoms with E-state index in [0.717, 1.165) is 24.3 Å². The van der Waals surface area contributed by atoms with Crippen molar-refractivity contribution in [2.24, 2.45) is 11.7 Å². The number of hydrogen-bond acceptors (Lipinski definition) is 3. The molecule has 21 heavy (non-hydrogen) atoms. The fourth-order valence-electron chi connectivity index (χ4n) is 2.48. The molecule has 0 aromatic heterocycles. The predicted molar refractivity (Wildman–Crippen MR) is 85.4 cm³/mol. The summed E-state index contributed by atoms with van der Waals surface area (Å²) in [5, 5.41) is 2.87. The molecule has 1 aliphatic carbocycles. The van der Waals surface area contributed by atoms with Crippen LogP contribution < -0.4 is 15.8 Å². The lowest BCUT2D eigenvalue weighted by atomic mass is 10.0. The van der Waals surface area contributed by atoms with E-state index in [1.54, 1.807) is 0 Å². The summed E-state index contributed by atoms with van der Waals surface area (Å²) in [6.07, 6.45) is 5.51. The molecule has 4 nitrogen and oxygen atoms in total. The SMILES string of the molecule is CC(C)C(N)CC(=O)Nc1ccc(OC2CCCC2)cc1. The number of benzene rings is 1. The first-order valence-corrected chi connectivity index (χ1v) is 7.86. The highest BCUT2D eigenvalue weighted by atomic mass is 16.5. The zero-order chi connectivity index (χ0) is 15.2. The van der Waals surface area contributed by atoms with Crippen molar-refractivity contribution in [2.45, 2.75) is 58.1 Å². The van der Waals surface area contributed by atoms with E-state index in [1.165, 1.54) is 12.8 Å². The molecule has 0 heterocycles. The van der Waals surface area contributed by atoms with Gasteiger partial charge in [0.05, 0.1) is 6.10 Å². The number of rotatable bonds is 6. The molecule has 1 aromatic rings. The molecule has 1 amide bonds. The molecular weight excluding hydrogens is 264 g/mol. The normalized spacial score (nSPS) is 17.0. The molecule has 0 aliphatic heterocycles. The second kappa shape index (κ2) is 7.46. The fraction of sp³-hybridized carbons (Fsp3) is 0.588. The molecule has 0 bridgehead atoms. The smallest absolute Gasteiger partial charge is 0.225 e. The molecule has 1 aliphatic rings. The number of amides is 1. The zero-order valence-corrected chi connectivity index (χ0v) is 13.0. The Morgan fingerprint density at radius 3 is 2.48 bits per heavy atom. The maximum atomic E-state index is 11.9. The van der Waals surface area contributed by atoms with Crippen LogP contribution in [0.1, 0.15) is 46.0 Å². The van der Waals surface area contributed by atoms with Crippen LogP contribution in [-0.2, 0) is 4.79 Å². The summed E-state index contributed by atoms with van der Waals surface area (Å²) in [6, 6.07) is 7.48. The van der Waals surface area contributed by atoms with Gasteiger partial charge in [-0.25, -0.2) is 0 Å². The van der Waals surface area contributed by atoms with Crippen LogP contribution in [0.2, 0.25) is 0 Å². The number of carbonyl (C=O) groups is 1. The van der Waals surface area contributed by atoms with E-state index in [2.05, 4.69) is 5.32 Å². The summed E-state index contributed by atoms with van der Waals surface area (Å²) in [7, 11) is 0.